The highest BCUT2D eigenvalue weighted by Gasteiger charge is 2.49. The maximum absolute atomic E-state index is 13.2. The molecule has 0 spiro atoms. The molecule has 3 heterocycles. The van der Waals surface area contributed by atoms with Crippen LogP contribution in [0.2, 0.25) is 0 Å². The molecule has 1 fully saturated rings. The highest BCUT2D eigenvalue weighted by atomic mass is 16.5. The van der Waals surface area contributed by atoms with Crippen LogP contribution in [-0.4, -0.2) is 34.1 Å². The van der Waals surface area contributed by atoms with Gasteiger partial charge in [-0.2, -0.15) is 4.98 Å². The number of carbonyl (C=O) groups is 2. The van der Waals surface area contributed by atoms with Gasteiger partial charge in [-0.15, -0.1) is 0 Å². The van der Waals surface area contributed by atoms with E-state index in [-0.39, 0.29) is 18.3 Å². The van der Waals surface area contributed by atoms with Crippen molar-refractivity contribution in [3.63, 3.8) is 0 Å². The molecule has 9 heteroatoms. The number of urea groups is 1. The average molecular weight is 418 g/mol. The number of ether oxygens (including phenoxy) is 1. The zero-order chi connectivity index (χ0) is 21.6. The maximum Gasteiger partial charge on any atom is 0.325 e. The first kappa shape index (κ1) is 18.9. The quantitative estimate of drug-likeness (QED) is 0.494. The van der Waals surface area contributed by atoms with E-state index in [2.05, 4.69) is 15.5 Å². The molecular formula is C22H18N4O5. The van der Waals surface area contributed by atoms with Gasteiger partial charge in [0.1, 0.15) is 17.8 Å². The molecule has 4 aromatic rings. The lowest BCUT2D eigenvalue weighted by Gasteiger charge is -2.22. The molecule has 1 N–H and O–H groups in total. The Kier molecular flexibility index (Phi) is 4.25. The lowest BCUT2D eigenvalue weighted by atomic mass is 9.90. The predicted octanol–water partition coefficient (Wildman–Crippen LogP) is 3.46. The molecule has 156 valence electrons. The van der Waals surface area contributed by atoms with Gasteiger partial charge in [0.2, 0.25) is 11.7 Å². The van der Waals surface area contributed by atoms with E-state index in [4.69, 9.17) is 13.7 Å². The monoisotopic (exact) mass is 418 g/mol. The second-order valence-electron chi connectivity index (χ2n) is 7.36. The average Bonchev–Trinajstić information content (AvgIpc) is 3.51. The summed E-state index contributed by atoms with van der Waals surface area (Å²) < 4.78 is 15.7. The number of nitrogens with one attached hydrogen (secondary N) is 1. The van der Waals surface area contributed by atoms with Crippen LogP contribution in [0.4, 0.5) is 4.79 Å². The van der Waals surface area contributed by atoms with Crippen LogP contribution in [-0.2, 0) is 16.9 Å². The van der Waals surface area contributed by atoms with Gasteiger partial charge < -0.3 is 19.0 Å². The first-order valence-electron chi connectivity index (χ1n) is 9.57. The Labute approximate surface area is 176 Å². The van der Waals surface area contributed by atoms with E-state index in [1.165, 1.54) is 6.26 Å². The van der Waals surface area contributed by atoms with E-state index in [0.29, 0.717) is 11.3 Å². The number of carbonyl (C=O) groups excluding carboxylic acids is 2. The lowest BCUT2D eigenvalue weighted by molar-refractivity contribution is -0.131. The van der Waals surface area contributed by atoms with Crippen molar-refractivity contribution in [3.05, 3.63) is 66.2 Å². The second kappa shape index (κ2) is 6.98. The molecule has 0 bridgehead atoms. The van der Waals surface area contributed by atoms with Crippen molar-refractivity contribution in [1.29, 1.82) is 0 Å². The Bertz CT molecular complexity index is 1300. The summed E-state index contributed by atoms with van der Waals surface area (Å²) in [6.07, 6.45) is 1.49. The SMILES string of the molecule is COc1ccc2cc([C@]3(C)NC(=O)N(Cc4nc(-c5ccco5)no4)C3=O)ccc2c1. The van der Waals surface area contributed by atoms with E-state index in [9.17, 15) is 9.59 Å². The topological polar surface area (TPSA) is 111 Å². The normalized spacial score (nSPS) is 18.6. The molecule has 1 aliphatic rings. The predicted molar refractivity (Wildman–Crippen MR) is 109 cm³/mol. The van der Waals surface area contributed by atoms with Crippen LogP contribution >= 0.6 is 0 Å². The van der Waals surface area contributed by atoms with Gasteiger partial charge in [-0.1, -0.05) is 23.4 Å². The van der Waals surface area contributed by atoms with Crippen molar-refractivity contribution in [2.45, 2.75) is 19.0 Å². The molecular weight excluding hydrogens is 400 g/mol. The van der Waals surface area contributed by atoms with Crippen molar-refractivity contribution in [2.75, 3.05) is 7.11 Å². The Morgan fingerprint density at radius 1 is 1.13 bits per heavy atom. The summed E-state index contributed by atoms with van der Waals surface area (Å²) in [4.78, 5) is 31.1. The van der Waals surface area contributed by atoms with Crippen LogP contribution in [0.15, 0.2) is 63.7 Å². The highest BCUT2D eigenvalue weighted by molar-refractivity contribution is 6.07. The van der Waals surface area contributed by atoms with Gasteiger partial charge in [-0.05, 0) is 53.6 Å². The number of nitrogens with zero attached hydrogens (tertiary/aromatic N) is 3. The van der Waals surface area contributed by atoms with Crippen LogP contribution in [0, 0.1) is 0 Å². The third kappa shape index (κ3) is 3.10. The fourth-order valence-corrected chi connectivity index (χ4v) is 3.66. The van der Waals surface area contributed by atoms with Gasteiger partial charge in [0.15, 0.2) is 5.76 Å². The number of rotatable bonds is 5. The minimum atomic E-state index is -1.21. The van der Waals surface area contributed by atoms with Gasteiger partial charge in [-0.25, -0.2) is 4.79 Å². The molecule has 31 heavy (non-hydrogen) atoms. The van der Waals surface area contributed by atoms with E-state index in [1.807, 2.05) is 36.4 Å². The maximum atomic E-state index is 13.2. The number of benzene rings is 2. The molecule has 5 rings (SSSR count). The molecule has 1 saturated heterocycles. The lowest BCUT2D eigenvalue weighted by Crippen LogP contribution is -2.40. The number of aromatic nitrogens is 2. The van der Waals surface area contributed by atoms with Crippen LogP contribution in [0.3, 0.4) is 0 Å². The molecule has 0 aliphatic carbocycles. The molecule has 2 aromatic carbocycles. The molecule has 2 aromatic heterocycles. The third-order valence-electron chi connectivity index (χ3n) is 5.40. The number of imide groups is 1. The molecule has 1 atom stereocenters. The van der Waals surface area contributed by atoms with Gasteiger partial charge in [0.25, 0.3) is 5.91 Å². The summed E-state index contributed by atoms with van der Waals surface area (Å²) in [6, 6.07) is 14.1. The first-order chi connectivity index (χ1) is 15.0. The smallest absolute Gasteiger partial charge is 0.325 e. The molecule has 1 aliphatic heterocycles. The van der Waals surface area contributed by atoms with Crippen molar-refractivity contribution in [1.82, 2.24) is 20.4 Å². The Morgan fingerprint density at radius 2 is 1.94 bits per heavy atom. The van der Waals surface area contributed by atoms with Crippen LogP contribution < -0.4 is 10.1 Å². The summed E-state index contributed by atoms with van der Waals surface area (Å²) >= 11 is 0. The molecule has 0 radical (unpaired) electrons. The molecule has 0 unspecified atom stereocenters. The zero-order valence-corrected chi connectivity index (χ0v) is 16.8. The summed E-state index contributed by atoms with van der Waals surface area (Å²) in [5.74, 6) is 1.16. The minimum absolute atomic E-state index is 0.129. The summed E-state index contributed by atoms with van der Waals surface area (Å²) in [5, 5.41) is 8.53. The zero-order valence-electron chi connectivity index (χ0n) is 16.8. The largest absolute Gasteiger partial charge is 0.497 e. The number of methoxy groups -OCH3 is 1. The standard InChI is InChI=1S/C22H18N4O5/c1-22(15-7-5-14-11-16(29-2)8-6-13(14)10-15)20(27)26(21(28)24-22)12-18-23-19(25-31-18)17-4-3-9-30-17/h3-11H,12H2,1-2H3,(H,24,28)/t22-/m0/s1. The summed E-state index contributed by atoms with van der Waals surface area (Å²) in [5.41, 5.74) is -0.539. The summed E-state index contributed by atoms with van der Waals surface area (Å²) in [6.45, 7) is 1.54. The van der Waals surface area contributed by atoms with E-state index < -0.39 is 17.5 Å². The highest BCUT2D eigenvalue weighted by Crippen LogP contribution is 2.32. The minimum Gasteiger partial charge on any atom is -0.497 e. The van der Waals surface area contributed by atoms with Crippen molar-refractivity contribution in [3.8, 4) is 17.3 Å². The third-order valence-corrected chi connectivity index (χ3v) is 5.40. The fourth-order valence-electron chi connectivity index (χ4n) is 3.66. The number of furan rings is 1. The van der Waals surface area contributed by atoms with Gasteiger partial charge >= 0.3 is 6.03 Å². The van der Waals surface area contributed by atoms with Crippen LogP contribution in [0.25, 0.3) is 22.4 Å². The Morgan fingerprint density at radius 3 is 2.71 bits per heavy atom. The summed E-state index contributed by atoms with van der Waals surface area (Å²) in [7, 11) is 1.61. The van der Waals surface area contributed by atoms with Crippen molar-refractivity contribution >= 4 is 22.7 Å². The number of hydrogen-bond donors (Lipinski definition) is 1. The number of fused-ring (bicyclic) bond motifs is 1. The number of hydrogen-bond acceptors (Lipinski definition) is 7. The molecule has 3 amide bonds. The second-order valence-corrected chi connectivity index (χ2v) is 7.36. The Balaban J connectivity index is 1.42. The van der Waals surface area contributed by atoms with Gasteiger partial charge in [0.05, 0.1) is 13.4 Å². The Hall–Kier alpha value is -4.14. The van der Waals surface area contributed by atoms with Crippen LogP contribution in [0.1, 0.15) is 18.4 Å². The van der Waals surface area contributed by atoms with E-state index in [1.54, 1.807) is 26.2 Å². The van der Waals surface area contributed by atoms with Gasteiger partial charge in [-0.3, -0.25) is 9.69 Å². The van der Waals surface area contributed by atoms with E-state index in [0.717, 1.165) is 21.4 Å². The first-order valence-corrected chi connectivity index (χ1v) is 9.57. The molecule has 9 nitrogen and oxygen atoms in total. The van der Waals surface area contributed by atoms with E-state index >= 15 is 0 Å². The number of amides is 3. The molecule has 0 saturated carbocycles. The fraction of sp³-hybridized carbons (Fsp3) is 0.182. The van der Waals surface area contributed by atoms with Gasteiger partial charge in [0, 0.05) is 0 Å². The van der Waals surface area contributed by atoms with Crippen molar-refractivity contribution in [2.24, 2.45) is 0 Å². The van der Waals surface area contributed by atoms with Crippen molar-refractivity contribution < 1.29 is 23.3 Å². The van der Waals surface area contributed by atoms with Crippen LogP contribution in [0.5, 0.6) is 5.75 Å².